The van der Waals surface area contributed by atoms with Crippen LogP contribution in [-0.2, 0) is 29.2 Å². The van der Waals surface area contributed by atoms with Crippen LogP contribution in [0, 0.1) is 0 Å². The van der Waals surface area contributed by atoms with E-state index in [9.17, 15) is 9.59 Å². The highest BCUT2D eigenvalue weighted by Crippen LogP contribution is 2.21. The number of urea groups is 1. The number of carbonyl (C=O) groups excluding carboxylic acids is 2. The van der Waals surface area contributed by atoms with Crippen molar-refractivity contribution in [1.29, 1.82) is 0 Å². The molecule has 31 heavy (non-hydrogen) atoms. The van der Waals surface area contributed by atoms with Gasteiger partial charge in [-0.15, -0.1) is 0 Å². The molecule has 2 N–H and O–H groups in total. The molecule has 2 aromatic carbocycles. The van der Waals surface area contributed by atoms with Gasteiger partial charge in [-0.3, -0.25) is 9.69 Å². The molecule has 3 amide bonds. The standard InChI is InChI=1S/C24H30N4O3/c29-23-6-3-11-28(23)22-9-7-19(8-10-22)16-25-24(30)26-17-20-4-1-2-5-21(20)18-27-12-14-31-15-13-27/h1-2,4-5,7-10H,3,6,11-18H2,(H2,25,26,30). The molecule has 2 aliphatic rings. The van der Waals surface area contributed by atoms with Crippen molar-refractivity contribution in [3.63, 3.8) is 0 Å². The average molecular weight is 423 g/mol. The Morgan fingerprint density at radius 3 is 2.32 bits per heavy atom. The lowest BCUT2D eigenvalue weighted by Gasteiger charge is -2.27. The molecule has 7 nitrogen and oxygen atoms in total. The van der Waals surface area contributed by atoms with Crippen molar-refractivity contribution in [1.82, 2.24) is 15.5 Å². The smallest absolute Gasteiger partial charge is 0.315 e. The van der Waals surface area contributed by atoms with E-state index in [4.69, 9.17) is 4.74 Å². The number of carbonyl (C=O) groups is 2. The van der Waals surface area contributed by atoms with Crippen molar-refractivity contribution >= 4 is 17.6 Å². The van der Waals surface area contributed by atoms with Crippen molar-refractivity contribution < 1.29 is 14.3 Å². The van der Waals surface area contributed by atoms with Crippen LogP contribution in [0.25, 0.3) is 0 Å². The third kappa shape index (κ3) is 5.83. The lowest BCUT2D eigenvalue weighted by Crippen LogP contribution is -2.37. The molecule has 2 fully saturated rings. The molecule has 0 saturated carbocycles. The SMILES string of the molecule is O=C(NCc1ccc(N2CCCC2=O)cc1)NCc1ccccc1CN1CCOCC1. The number of hydrogen-bond acceptors (Lipinski definition) is 4. The second-order valence-corrected chi connectivity index (χ2v) is 8.01. The number of anilines is 1. The van der Waals surface area contributed by atoms with E-state index in [2.05, 4.69) is 27.7 Å². The molecule has 0 bridgehead atoms. The van der Waals surface area contributed by atoms with Crippen LogP contribution >= 0.6 is 0 Å². The Balaban J connectivity index is 1.25. The van der Waals surface area contributed by atoms with Crippen LogP contribution in [0.3, 0.4) is 0 Å². The summed E-state index contributed by atoms with van der Waals surface area (Å²) in [5.41, 5.74) is 4.28. The minimum Gasteiger partial charge on any atom is -0.379 e. The first-order chi connectivity index (χ1) is 15.2. The largest absolute Gasteiger partial charge is 0.379 e. The van der Waals surface area contributed by atoms with E-state index >= 15 is 0 Å². The number of nitrogens with zero attached hydrogens (tertiary/aromatic N) is 2. The summed E-state index contributed by atoms with van der Waals surface area (Å²) in [5.74, 6) is 0.180. The molecule has 0 radical (unpaired) electrons. The fraction of sp³-hybridized carbons (Fsp3) is 0.417. The number of hydrogen-bond donors (Lipinski definition) is 2. The zero-order chi connectivity index (χ0) is 21.5. The van der Waals surface area contributed by atoms with Crippen LogP contribution in [0.2, 0.25) is 0 Å². The lowest BCUT2D eigenvalue weighted by molar-refractivity contribution is -0.117. The van der Waals surface area contributed by atoms with Gasteiger partial charge in [0.05, 0.1) is 13.2 Å². The zero-order valence-corrected chi connectivity index (χ0v) is 17.8. The van der Waals surface area contributed by atoms with Crippen LogP contribution in [0.15, 0.2) is 48.5 Å². The summed E-state index contributed by atoms with van der Waals surface area (Å²) in [5, 5.41) is 5.87. The van der Waals surface area contributed by atoms with Crippen molar-refractivity contribution in [3.8, 4) is 0 Å². The highest BCUT2D eigenvalue weighted by atomic mass is 16.5. The summed E-state index contributed by atoms with van der Waals surface area (Å²) in [4.78, 5) is 28.4. The van der Waals surface area contributed by atoms with E-state index < -0.39 is 0 Å². The number of rotatable bonds is 7. The van der Waals surface area contributed by atoms with Gasteiger partial charge < -0.3 is 20.3 Å². The molecule has 0 spiro atoms. The predicted octanol–water partition coefficient (Wildman–Crippen LogP) is 2.65. The molecule has 7 heteroatoms. The van der Waals surface area contributed by atoms with E-state index in [1.807, 2.05) is 41.3 Å². The molecular weight excluding hydrogens is 392 g/mol. The molecule has 0 atom stereocenters. The van der Waals surface area contributed by atoms with Gasteiger partial charge in [0.1, 0.15) is 0 Å². The van der Waals surface area contributed by atoms with Crippen molar-refractivity contribution in [2.45, 2.75) is 32.5 Å². The third-order valence-electron chi connectivity index (χ3n) is 5.83. The molecule has 2 heterocycles. The van der Waals surface area contributed by atoms with E-state index in [1.54, 1.807) is 0 Å². The van der Waals surface area contributed by atoms with Crippen LogP contribution in [0.4, 0.5) is 10.5 Å². The Labute approximate surface area is 183 Å². The van der Waals surface area contributed by atoms with E-state index in [0.717, 1.165) is 62.6 Å². The second kappa shape index (κ2) is 10.4. The molecular formula is C24H30N4O3. The average Bonchev–Trinajstić information content (AvgIpc) is 3.24. The van der Waals surface area contributed by atoms with Crippen molar-refractivity contribution in [2.75, 3.05) is 37.7 Å². The summed E-state index contributed by atoms with van der Waals surface area (Å²) in [6.45, 7) is 6.01. The topological polar surface area (TPSA) is 73.9 Å². The van der Waals surface area contributed by atoms with Gasteiger partial charge in [-0.25, -0.2) is 4.79 Å². The molecule has 0 aliphatic carbocycles. The minimum absolute atomic E-state index is 0.180. The van der Waals surface area contributed by atoms with Gasteiger partial charge in [0, 0.05) is 51.4 Å². The number of benzene rings is 2. The highest BCUT2D eigenvalue weighted by Gasteiger charge is 2.21. The summed E-state index contributed by atoms with van der Waals surface area (Å²) in [6.07, 6.45) is 1.54. The monoisotopic (exact) mass is 422 g/mol. The Kier molecular flexibility index (Phi) is 7.17. The first-order valence-corrected chi connectivity index (χ1v) is 11.0. The maximum atomic E-state index is 12.3. The maximum Gasteiger partial charge on any atom is 0.315 e. The van der Waals surface area contributed by atoms with Crippen molar-refractivity contribution in [3.05, 3.63) is 65.2 Å². The Morgan fingerprint density at radius 2 is 1.61 bits per heavy atom. The fourth-order valence-electron chi connectivity index (χ4n) is 4.02. The molecule has 0 unspecified atom stereocenters. The van der Waals surface area contributed by atoms with Gasteiger partial charge in [0.15, 0.2) is 0 Å². The number of amides is 3. The fourth-order valence-corrected chi connectivity index (χ4v) is 4.02. The summed E-state index contributed by atoms with van der Waals surface area (Å²) in [6, 6.07) is 15.8. The Bertz CT molecular complexity index is 894. The van der Waals surface area contributed by atoms with Crippen LogP contribution < -0.4 is 15.5 Å². The first kappa shape index (κ1) is 21.3. The van der Waals surface area contributed by atoms with Gasteiger partial charge in [0.25, 0.3) is 0 Å². The van der Waals surface area contributed by atoms with Crippen LogP contribution in [-0.4, -0.2) is 49.7 Å². The second-order valence-electron chi connectivity index (χ2n) is 8.01. The molecule has 4 rings (SSSR count). The molecule has 2 aliphatic heterocycles. The molecule has 164 valence electrons. The molecule has 2 aromatic rings. The highest BCUT2D eigenvalue weighted by molar-refractivity contribution is 5.95. The van der Waals surface area contributed by atoms with Crippen LogP contribution in [0.5, 0.6) is 0 Å². The van der Waals surface area contributed by atoms with Gasteiger partial charge in [0.2, 0.25) is 5.91 Å². The first-order valence-electron chi connectivity index (χ1n) is 11.0. The third-order valence-corrected chi connectivity index (χ3v) is 5.83. The number of ether oxygens (including phenoxy) is 1. The predicted molar refractivity (Wildman–Crippen MR) is 120 cm³/mol. The number of nitrogens with one attached hydrogen (secondary N) is 2. The Morgan fingerprint density at radius 1 is 0.903 bits per heavy atom. The minimum atomic E-state index is -0.194. The van der Waals surface area contributed by atoms with Gasteiger partial charge in [-0.2, -0.15) is 0 Å². The van der Waals surface area contributed by atoms with Gasteiger partial charge >= 0.3 is 6.03 Å². The molecule has 2 saturated heterocycles. The Hall–Kier alpha value is -2.90. The van der Waals surface area contributed by atoms with E-state index in [1.165, 1.54) is 5.56 Å². The van der Waals surface area contributed by atoms with E-state index in [-0.39, 0.29) is 11.9 Å². The summed E-state index contributed by atoms with van der Waals surface area (Å²) >= 11 is 0. The summed E-state index contributed by atoms with van der Waals surface area (Å²) in [7, 11) is 0. The quantitative estimate of drug-likeness (QED) is 0.720. The number of morpholine rings is 1. The maximum absolute atomic E-state index is 12.3. The van der Waals surface area contributed by atoms with Crippen molar-refractivity contribution in [2.24, 2.45) is 0 Å². The normalized spacial score (nSPS) is 17.0. The van der Waals surface area contributed by atoms with Gasteiger partial charge in [-0.05, 0) is 35.2 Å². The van der Waals surface area contributed by atoms with E-state index in [0.29, 0.717) is 19.5 Å². The van der Waals surface area contributed by atoms with Gasteiger partial charge in [-0.1, -0.05) is 36.4 Å². The zero-order valence-electron chi connectivity index (χ0n) is 17.8. The van der Waals surface area contributed by atoms with Crippen LogP contribution in [0.1, 0.15) is 29.5 Å². The lowest BCUT2D eigenvalue weighted by atomic mass is 10.1. The summed E-state index contributed by atoms with van der Waals surface area (Å²) < 4.78 is 5.42. The molecule has 0 aromatic heterocycles.